The molecule has 0 bridgehead atoms. The van der Waals surface area contributed by atoms with Crippen molar-refractivity contribution in [1.82, 2.24) is 4.57 Å². The SMILES string of the molecule is CCCn1cc(N)cc1C(=O)Nc1cc(C#N)ccc1Cl. The quantitative estimate of drug-likeness (QED) is 0.909. The van der Waals surface area contributed by atoms with Gasteiger partial charge in [0.05, 0.1) is 28.0 Å². The highest BCUT2D eigenvalue weighted by Gasteiger charge is 2.14. The number of nitrogens with two attached hydrogens (primary N) is 1. The normalized spacial score (nSPS) is 10.1. The minimum atomic E-state index is -0.308. The molecule has 0 saturated carbocycles. The van der Waals surface area contributed by atoms with Crippen molar-refractivity contribution in [3.05, 3.63) is 46.7 Å². The second kappa shape index (κ2) is 6.33. The van der Waals surface area contributed by atoms with Crippen molar-refractivity contribution in [3.63, 3.8) is 0 Å². The molecule has 21 heavy (non-hydrogen) atoms. The Kier molecular flexibility index (Phi) is 4.51. The Balaban J connectivity index is 2.28. The molecule has 6 heteroatoms. The molecule has 1 aromatic carbocycles. The minimum Gasteiger partial charge on any atom is -0.397 e. The second-order valence-electron chi connectivity index (χ2n) is 4.61. The van der Waals surface area contributed by atoms with Gasteiger partial charge in [0.1, 0.15) is 5.69 Å². The van der Waals surface area contributed by atoms with E-state index in [0.29, 0.717) is 34.2 Å². The summed E-state index contributed by atoms with van der Waals surface area (Å²) >= 11 is 6.04. The van der Waals surface area contributed by atoms with Gasteiger partial charge in [0.15, 0.2) is 0 Å². The Hall–Kier alpha value is -2.45. The number of nitrogen functional groups attached to an aromatic ring is 1. The molecule has 0 aliphatic rings. The van der Waals surface area contributed by atoms with Crippen LogP contribution in [0, 0.1) is 11.3 Å². The lowest BCUT2D eigenvalue weighted by atomic mass is 10.2. The van der Waals surface area contributed by atoms with E-state index in [1.807, 2.05) is 13.0 Å². The van der Waals surface area contributed by atoms with Crippen LogP contribution in [0.5, 0.6) is 0 Å². The molecule has 0 unspecified atom stereocenters. The van der Waals surface area contributed by atoms with E-state index in [-0.39, 0.29) is 5.91 Å². The molecule has 0 atom stereocenters. The second-order valence-corrected chi connectivity index (χ2v) is 5.02. The maximum Gasteiger partial charge on any atom is 0.272 e. The van der Waals surface area contributed by atoms with Crippen molar-refractivity contribution in [1.29, 1.82) is 5.26 Å². The predicted octanol–water partition coefficient (Wildman–Crippen LogP) is 3.26. The lowest BCUT2D eigenvalue weighted by Crippen LogP contribution is -2.17. The number of hydrogen-bond donors (Lipinski definition) is 2. The summed E-state index contributed by atoms with van der Waals surface area (Å²) in [7, 11) is 0. The number of nitrogens with zero attached hydrogens (tertiary/aromatic N) is 2. The van der Waals surface area contributed by atoms with E-state index in [2.05, 4.69) is 5.32 Å². The van der Waals surface area contributed by atoms with Crippen molar-refractivity contribution < 1.29 is 4.79 Å². The highest BCUT2D eigenvalue weighted by Crippen LogP contribution is 2.24. The molecule has 108 valence electrons. The molecule has 1 aromatic heterocycles. The fraction of sp³-hybridized carbons (Fsp3) is 0.200. The molecule has 5 nitrogen and oxygen atoms in total. The third-order valence-corrected chi connectivity index (χ3v) is 3.29. The number of amides is 1. The van der Waals surface area contributed by atoms with Gasteiger partial charge in [-0.2, -0.15) is 5.26 Å². The third kappa shape index (κ3) is 3.36. The van der Waals surface area contributed by atoms with Gasteiger partial charge < -0.3 is 15.6 Å². The lowest BCUT2D eigenvalue weighted by Gasteiger charge is -2.10. The number of aromatic nitrogens is 1. The van der Waals surface area contributed by atoms with Crippen LogP contribution in [0.2, 0.25) is 5.02 Å². The van der Waals surface area contributed by atoms with Gasteiger partial charge in [-0.25, -0.2) is 0 Å². The van der Waals surface area contributed by atoms with E-state index in [9.17, 15) is 4.79 Å². The first kappa shape index (κ1) is 14.9. The number of hydrogen-bond acceptors (Lipinski definition) is 3. The number of rotatable bonds is 4. The van der Waals surface area contributed by atoms with Crippen LogP contribution in [0.4, 0.5) is 11.4 Å². The average molecular weight is 303 g/mol. The fourth-order valence-electron chi connectivity index (χ4n) is 2.03. The topological polar surface area (TPSA) is 83.8 Å². The van der Waals surface area contributed by atoms with Crippen LogP contribution >= 0.6 is 11.6 Å². The van der Waals surface area contributed by atoms with Gasteiger partial charge in [0, 0.05) is 12.7 Å². The van der Waals surface area contributed by atoms with Crippen molar-refractivity contribution in [2.45, 2.75) is 19.9 Å². The van der Waals surface area contributed by atoms with Crippen LogP contribution in [-0.4, -0.2) is 10.5 Å². The molecule has 0 saturated heterocycles. The predicted molar refractivity (Wildman–Crippen MR) is 83.3 cm³/mol. The maximum absolute atomic E-state index is 12.3. The maximum atomic E-state index is 12.3. The molecule has 3 N–H and O–H groups in total. The molecule has 2 rings (SSSR count). The molecular formula is C15H15ClN4O. The van der Waals surface area contributed by atoms with Crippen LogP contribution in [0.15, 0.2) is 30.5 Å². The van der Waals surface area contributed by atoms with E-state index < -0.39 is 0 Å². The number of halogens is 1. The average Bonchev–Trinajstić information content (AvgIpc) is 2.82. The summed E-state index contributed by atoms with van der Waals surface area (Å²) in [5, 5.41) is 12.0. The molecule has 0 radical (unpaired) electrons. The van der Waals surface area contributed by atoms with Crippen molar-refractivity contribution >= 4 is 28.9 Å². The van der Waals surface area contributed by atoms with Gasteiger partial charge in [0.25, 0.3) is 5.91 Å². The Morgan fingerprint density at radius 1 is 1.48 bits per heavy atom. The molecule has 1 heterocycles. The number of nitrogens with one attached hydrogen (secondary N) is 1. The zero-order valence-electron chi connectivity index (χ0n) is 11.6. The van der Waals surface area contributed by atoms with E-state index in [4.69, 9.17) is 22.6 Å². The Morgan fingerprint density at radius 3 is 2.90 bits per heavy atom. The first-order chi connectivity index (χ1) is 10.0. The third-order valence-electron chi connectivity index (χ3n) is 2.96. The summed E-state index contributed by atoms with van der Waals surface area (Å²) in [5.74, 6) is -0.308. The van der Waals surface area contributed by atoms with Crippen LogP contribution in [0.25, 0.3) is 0 Å². The monoisotopic (exact) mass is 302 g/mol. The van der Waals surface area contributed by atoms with Crippen molar-refractivity contribution in [2.24, 2.45) is 0 Å². The Labute approximate surface area is 127 Å². The van der Waals surface area contributed by atoms with Crippen molar-refractivity contribution in [2.75, 3.05) is 11.1 Å². The number of carbonyl (C=O) groups excluding carboxylic acids is 1. The number of nitriles is 1. The number of carbonyl (C=O) groups is 1. The lowest BCUT2D eigenvalue weighted by molar-refractivity contribution is 0.101. The smallest absolute Gasteiger partial charge is 0.272 e. The summed E-state index contributed by atoms with van der Waals surface area (Å²) in [5.41, 5.74) is 7.58. The minimum absolute atomic E-state index is 0.308. The number of anilines is 2. The standard InChI is InChI=1S/C15H15ClN4O/c1-2-5-20-9-11(18)7-14(20)15(21)19-13-6-10(8-17)3-4-12(13)16/h3-4,6-7,9H,2,5,18H2,1H3,(H,19,21). The van der Waals surface area contributed by atoms with Crippen molar-refractivity contribution in [3.8, 4) is 6.07 Å². The largest absolute Gasteiger partial charge is 0.397 e. The van der Waals surface area contributed by atoms with Crippen LogP contribution in [0.1, 0.15) is 29.4 Å². The molecule has 0 fully saturated rings. The molecule has 0 aliphatic heterocycles. The molecule has 1 amide bonds. The van der Waals surface area contributed by atoms with E-state index in [1.54, 1.807) is 29.0 Å². The Bertz CT molecular complexity index is 715. The highest BCUT2D eigenvalue weighted by molar-refractivity contribution is 6.34. The van der Waals surface area contributed by atoms with E-state index in [0.717, 1.165) is 6.42 Å². The summed E-state index contributed by atoms with van der Waals surface area (Å²) in [6.45, 7) is 2.72. The van der Waals surface area contributed by atoms with Crippen LogP contribution in [-0.2, 0) is 6.54 Å². The van der Waals surface area contributed by atoms with Crippen LogP contribution < -0.4 is 11.1 Å². The molecule has 2 aromatic rings. The summed E-state index contributed by atoms with van der Waals surface area (Å²) < 4.78 is 1.80. The summed E-state index contributed by atoms with van der Waals surface area (Å²) in [6, 6.07) is 8.34. The van der Waals surface area contributed by atoms with Crippen LogP contribution in [0.3, 0.4) is 0 Å². The fourth-order valence-corrected chi connectivity index (χ4v) is 2.19. The number of aryl methyl sites for hydroxylation is 1. The van der Waals surface area contributed by atoms with Gasteiger partial charge in [0.2, 0.25) is 0 Å². The zero-order valence-corrected chi connectivity index (χ0v) is 12.3. The molecule has 0 spiro atoms. The van der Waals surface area contributed by atoms with Gasteiger partial charge in [-0.05, 0) is 30.7 Å². The summed E-state index contributed by atoms with van der Waals surface area (Å²) in [6.07, 6.45) is 2.62. The number of benzene rings is 1. The first-order valence-electron chi connectivity index (χ1n) is 6.51. The van der Waals surface area contributed by atoms with E-state index >= 15 is 0 Å². The zero-order chi connectivity index (χ0) is 15.4. The van der Waals surface area contributed by atoms with Gasteiger partial charge in [-0.3, -0.25) is 4.79 Å². The molecular weight excluding hydrogens is 288 g/mol. The van der Waals surface area contributed by atoms with E-state index in [1.165, 1.54) is 6.07 Å². The van der Waals surface area contributed by atoms with Gasteiger partial charge >= 0.3 is 0 Å². The Morgan fingerprint density at radius 2 is 2.24 bits per heavy atom. The highest BCUT2D eigenvalue weighted by atomic mass is 35.5. The molecule has 0 aliphatic carbocycles. The van der Waals surface area contributed by atoms with Gasteiger partial charge in [-0.1, -0.05) is 18.5 Å². The first-order valence-corrected chi connectivity index (χ1v) is 6.89. The van der Waals surface area contributed by atoms with Gasteiger partial charge in [-0.15, -0.1) is 0 Å². The summed E-state index contributed by atoms with van der Waals surface area (Å²) in [4.78, 5) is 12.3.